The van der Waals surface area contributed by atoms with Crippen molar-refractivity contribution in [3.05, 3.63) is 53.6 Å². The smallest absolute Gasteiger partial charge is 0.387 e. The molecule has 1 nitrogen and oxygen atoms in total. The van der Waals surface area contributed by atoms with Gasteiger partial charge in [0, 0.05) is 14.4 Å². The van der Waals surface area contributed by atoms with Crippen molar-refractivity contribution in [1.29, 1.82) is 0 Å². The van der Waals surface area contributed by atoms with E-state index in [0.29, 0.717) is 11.5 Å². The van der Waals surface area contributed by atoms with Crippen molar-refractivity contribution in [2.24, 2.45) is 11.8 Å². The van der Waals surface area contributed by atoms with E-state index in [1.165, 1.54) is 57.1 Å². The van der Waals surface area contributed by atoms with Gasteiger partial charge in [-0.2, -0.15) is 8.78 Å². The molecule has 35 heavy (non-hydrogen) atoms. The summed E-state index contributed by atoms with van der Waals surface area (Å²) in [4.78, 5) is 0. The number of benzene rings is 2. The highest BCUT2D eigenvalue weighted by atomic mass is 28.3. The summed E-state index contributed by atoms with van der Waals surface area (Å²) < 4.78 is 57.9. The molecule has 0 N–H and O–H groups in total. The normalized spacial score (nSPS) is 25.1. The Kier molecular flexibility index (Phi) is 9.32. The average Bonchev–Trinajstić information content (AvgIpc) is 2.85. The molecule has 0 unspecified atom stereocenters. The van der Waals surface area contributed by atoms with Gasteiger partial charge in [-0.25, -0.2) is 8.78 Å². The fourth-order valence-electron chi connectivity index (χ4n) is 6.35. The molecule has 2 fully saturated rings. The van der Waals surface area contributed by atoms with E-state index < -0.39 is 24.0 Å². The molecule has 1 aliphatic heterocycles. The standard InChI is InChI=1S/C29H38F4OSi/c1-2-15-35-16-13-21(14-17-35)4-3-20-5-7-22(8-6-20)23-9-11-25(26(30)18-23)24-10-12-28(27(31)19-24)34-29(32)33/h9-12,18-22,29,35H,2-8,13-17H2,1H3/t20?,21-,22?,35-. The number of rotatable bonds is 9. The Balaban J connectivity index is 1.27. The minimum absolute atomic E-state index is 0.265. The Morgan fingerprint density at radius 3 is 2.14 bits per heavy atom. The van der Waals surface area contributed by atoms with Crippen LogP contribution in [-0.2, 0) is 0 Å². The predicted octanol–water partition coefficient (Wildman–Crippen LogP) is 9.33. The topological polar surface area (TPSA) is 9.23 Å². The Labute approximate surface area is 208 Å². The zero-order valence-electron chi connectivity index (χ0n) is 20.8. The molecule has 0 aromatic heterocycles. The van der Waals surface area contributed by atoms with Gasteiger partial charge in [-0.1, -0.05) is 75.4 Å². The van der Waals surface area contributed by atoms with E-state index in [1.807, 2.05) is 6.07 Å². The second kappa shape index (κ2) is 12.4. The fourth-order valence-corrected chi connectivity index (χ4v) is 9.92. The number of halogens is 4. The summed E-state index contributed by atoms with van der Waals surface area (Å²) in [6.07, 6.45) is 11.7. The van der Waals surface area contributed by atoms with Gasteiger partial charge in [0.25, 0.3) is 0 Å². The van der Waals surface area contributed by atoms with Gasteiger partial charge in [0.05, 0.1) is 0 Å². The third kappa shape index (κ3) is 7.11. The Hall–Kier alpha value is -1.82. The molecule has 0 spiro atoms. The van der Waals surface area contributed by atoms with Crippen LogP contribution in [-0.4, -0.2) is 15.4 Å². The second-order valence-corrected chi connectivity index (χ2v) is 14.2. The van der Waals surface area contributed by atoms with Crippen LogP contribution in [0.2, 0.25) is 18.1 Å². The lowest BCUT2D eigenvalue weighted by Gasteiger charge is -2.32. The van der Waals surface area contributed by atoms with Crippen LogP contribution in [0.25, 0.3) is 11.1 Å². The van der Waals surface area contributed by atoms with E-state index in [1.54, 1.807) is 24.2 Å². The summed E-state index contributed by atoms with van der Waals surface area (Å²) >= 11 is 0. The number of hydrogen-bond donors (Lipinski definition) is 0. The summed E-state index contributed by atoms with van der Waals surface area (Å²) in [5.41, 5.74) is 1.58. The molecule has 2 aliphatic rings. The van der Waals surface area contributed by atoms with Crippen molar-refractivity contribution < 1.29 is 22.3 Å². The van der Waals surface area contributed by atoms with Crippen LogP contribution in [0.15, 0.2) is 36.4 Å². The van der Waals surface area contributed by atoms with E-state index in [2.05, 4.69) is 11.7 Å². The molecule has 1 saturated carbocycles. The maximum atomic E-state index is 14.9. The van der Waals surface area contributed by atoms with Crippen LogP contribution in [0, 0.1) is 23.5 Å². The maximum absolute atomic E-state index is 14.9. The molecule has 2 aromatic carbocycles. The van der Waals surface area contributed by atoms with Gasteiger partial charge in [-0.3, -0.25) is 0 Å². The molecule has 4 rings (SSSR count). The van der Waals surface area contributed by atoms with Crippen molar-refractivity contribution in [1.82, 2.24) is 0 Å². The first-order valence-electron chi connectivity index (χ1n) is 13.5. The Morgan fingerprint density at radius 1 is 0.857 bits per heavy atom. The maximum Gasteiger partial charge on any atom is 0.387 e. The Morgan fingerprint density at radius 2 is 1.54 bits per heavy atom. The highest BCUT2D eigenvalue weighted by molar-refractivity contribution is 6.58. The van der Waals surface area contributed by atoms with E-state index in [-0.39, 0.29) is 14.4 Å². The van der Waals surface area contributed by atoms with E-state index in [4.69, 9.17) is 0 Å². The summed E-state index contributed by atoms with van der Waals surface area (Å²) in [6, 6.07) is 13.4. The summed E-state index contributed by atoms with van der Waals surface area (Å²) in [5, 5.41) is 0. The largest absolute Gasteiger partial charge is 0.432 e. The van der Waals surface area contributed by atoms with Gasteiger partial charge >= 0.3 is 6.61 Å². The van der Waals surface area contributed by atoms with Gasteiger partial charge < -0.3 is 4.74 Å². The van der Waals surface area contributed by atoms with Crippen LogP contribution in [0.5, 0.6) is 5.75 Å². The van der Waals surface area contributed by atoms with E-state index >= 15 is 0 Å². The zero-order chi connectivity index (χ0) is 24.8. The number of ether oxygens (including phenoxy) is 1. The lowest BCUT2D eigenvalue weighted by molar-refractivity contribution is -0.0521. The van der Waals surface area contributed by atoms with E-state index in [0.717, 1.165) is 42.4 Å². The van der Waals surface area contributed by atoms with Crippen molar-refractivity contribution in [2.75, 3.05) is 0 Å². The van der Waals surface area contributed by atoms with Gasteiger partial charge in [-0.05, 0) is 72.8 Å². The van der Waals surface area contributed by atoms with Crippen molar-refractivity contribution in [3.8, 4) is 16.9 Å². The summed E-state index contributed by atoms with van der Waals surface area (Å²) in [6.45, 7) is -0.775. The van der Waals surface area contributed by atoms with Gasteiger partial charge in [0.15, 0.2) is 11.6 Å². The summed E-state index contributed by atoms with van der Waals surface area (Å²) in [7, 11) is -0.388. The molecule has 0 amide bonds. The molecule has 1 heterocycles. The summed E-state index contributed by atoms with van der Waals surface area (Å²) in [5.74, 6) is 0.246. The second-order valence-electron chi connectivity index (χ2n) is 10.7. The molecule has 192 valence electrons. The van der Waals surface area contributed by atoms with Gasteiger partial charge in [0.1, 0.15) is 5.82 Å². The minimum atomic E-state index is -3.10. The first-order valence-corrected chi connectivity index (χ1v) is 15.9. The highest BCUT2D eigenvalue weighted by Gasteiger charge is 2.26. The quantitative estimate of drug-likeness (QED) is 0.243. The first-order chi connectivity index (χ1) is 16.9. The van der Waals surface area contributed by atoms with Gasteiger partial charge in [0.2, 0.25) is 0 Å². The minimum Gasteiger partial charge on any atom is -0.432 e. The molecule has 0 bridgehead atoms. The highest BCUT2D eigenvalue weighted by Crippen LogP contribution is 2.40. The van der Waals surface area contributed by atoms with Crippen LogP contribution in [0.3, 0.4) is 0 Å². The third-order valence-electron chi connectivity index (χ3n) is 8.42. The van der Waals surface area contributed by atoms with Gasteiger partial charge in [-0.15, -0.1) is 0 Å². The van der Waals surface area contributed by atoms with Crippen molar-refractivity contribution in [3.63, 3.8) is 0 Å². The molecule has 1 saturated heterocycles. The third-order valence-corrected chi connectivity index (χ3v) is 12.1. The number of alkyl halides is 2. The predicted molar refractivity (Wildman–Crippen MR) is 137 cm³/mol. The zero-order valence-corrected chi connectivity index (χ0v) is 21.9. The monoisotopic (exact) mass is 506 g/mol. The molecule has 2 aromatic rings. The Bertz CT molecular complexity index is 950. The SMILES string of the molecule is CCC[Si@H]1CC[C@H](CCC2CCC(c3ccc(-c4ccc(OC(F)F)c(F)c4)c(F)c3)CC2)CC1. The van der Waals surface area contributed by atoms with Crippen molar-refractivity contribution >= 4 is 8.80 Å². The molecule has 6 heteroatoms. The van der Waals surface area contributed by atoms with Crippen LogP contribution >= 0.6 is 0 Å². The lowest BCUT2D eigenvalue weighted by Crippen LogP contribution is -2.22. The average molecular weight is 507 g/mol. The lowest BCUT2D eigenvalue weighted by atomic mass is 9.76. The molecular weight excluding hydrogens is 468 g/mol. The molecule has 0 atom stereocenters. The molecule has 1 aliphatic carbocycles. The van der Waals surface area contributed by atoms with E-state index in [9.17, 15) is 17.6 Å². The molecule has 0 radical (unpaired) electrons. The van der Waals surface area contributed by atoms with Crippen LogP contribution in [0.4, 0.5) is 17.6 Å². The first kappa shape index (κ1) is 26.2. The number of hydrogen-bond acceptors (Lipinski definition) is 1. The van der Waals surface area contributed by atoms with Crippen LogP contribution in [0.1, 0.15) is 76.2 Å². The van der Waals surface area contributed by atoms with Crippen molar-refractivity contribution in [2.45, 2.75) is 95.4 Å². The molecular formula is C29H38F4OSi. The van der Waals surface area contributed by atoms with Crippen LogP contribution < -0.4 is 4.74 Å². The fraction of sp³-hybridized carbons (Fsp3) is 0.586.